The first-order valence-electron chi connectivity index (χ1n) is 8.37. The highest BCUT2D eigenvalue weighted by atomic mass is 32.2. The molecule has 0 spiro atoms. The van der Waals surface area contributed by atoms with E-state index < -0.39 is 0 Å². The van der Waals surface area contributed by atoms with Gasteiger partial charge in [0.2, 0.25) is 11.8 Å². The van der Waals surface area contributed by atoms with E-state index in [-0.39, 0.29) is 22.7 Å². The van der Waals surface area contributed by atoms with Crippen molar-refractivity contribution in [3.05, 3.63) is 0 Å². The van der Waals surface area contributed by atoms with E-state index in [1.54, 1.807) is 11.8 Å². The molecule has 3 saturated heterocycles. The molecule has 5 heteroatoms. The zero-order chi connectivity index (χ0) is 14.6. The van der Waals surface area contributed by atoms with E-state index in [4.69, 9.17) is 0 Å². The molecule has 0 aromatic rings. The van der Waals surface area contributed by atoms with Crippen LogP contribution in [0.15, 0.2) is 0 Å². The summed E-state index contributed by atoms with van der Waals surface area (Å²) in [6.45, 7) is 3.03. The van der Waals surface area contributed by atoms with Crippen LogP contribution in [0, 0.1) is 5.92 Å². The third kappa shape index (κ3) is 2.03. The predicted octanol–water partition coefficient (Wildman–Crippen LogP) is 2.23. The Morgan fingerprint density at radius 2 is 2.10 bits per heavy atom. The molecule has 0 aromatic carbocycles. The maximum Gasteiger partial charge on any atom is 0.246 e. The Morgan fingerprint density at radius 3 is 2.95 bits per heavy atom. The normalized spacial score (nSPS) is 42.3. The molecule has 1 saturated carbocycles. The number of amides is 2. The molecule has 116 valence electrons. The molecule has 0 radical (unpaired) electrons. The first kappa shape index (κ1) is 13.9. The van der Waals surface area contributed by atoms with Gasteiger partial charge in [-0.25, -0.2) is 0 Å². The van der Waals surface area contributed by atoms with Gasteiger partial charge in [-0.2, -0.15) is 0 Å². The van der Waals surface area contributed by atoms with Gasteiger partial charge in [0.15, 0.2) is 0 Å². The Bertz CT molecular complexity index is 483. The number of likely N-dealkylation sites (tertiary alicyclic amines) is 1. The molecule has 21 heavy (non-hydrogen) atoms. The largest absolute Gasteiger partial charge is 0.338 e. The third-order valence-electron chi connectivity index (χ3n) is 6.01. The van der Waals surface area contributed by atoms with Gasteiger partial charge in [-0.05, 0) is 44.9 Å². The summed E-state index contributed by atoms with van der Waals surface area (Å²) in [7, 11) is 0. The molecule has 0 unspecified atom stereocenters. The first-order valence-corrected chi connectivity index (χ1v) is 9.35. The number of nitrogens with zero attached hydrogens (tertiary/aromatic N) is 2. The summed E-state index contributed by atoms with van der Waals surface area (Å²) >= 11 is 1.80. The molecular formula is C16H24N2O2S. The van der Waals surface area contributed by atoms with Gasteiger partial charge >= 0.3 is 0 Å². The van der Waals surface area contributed by atoms with Crippen LogP contribution < -0.4 is 0 Å². The standard InChI is InChI=1S/C16H24N2O2S/c1-16-8-7-14(19)18(16)13(10-21-16)15(20)17-9-3-5-11-4-2-6-12(11)17/h11-13H,2-10H2,1H3/t11-,12+,13+,16+/m1/s1. The Labute approximate surface area is 130 Å². The molecule has 4 fully saturated rings. The van der Waals surface area contributed by atoms with E-state index >= 15 is 0 Å². The minimum atomic E-state index is -0.200. The Kier molecular flexibility index (Phi) is 3.25. The molecule has 4 nitrogen and oxygen atoms in total. The summed E-state index contributed by atoms with van der Waals surface area (Å²) < 4.78 is 0. The van der Waals surface area contributed by atoms with Crippen LogP contribution in [0.5, 0.6) is 0 Å². The van der Waals surface area contributed by atoms with Gasteiger partial charge in [0.1, 0.15) is 6.04 Å². The monoisotopic (exact) mass is 308 g/mol. The van der Waals surface area contributed by atoms with Crippen molar-refractivity contribution in [3.8, 4) is 0 Å². The second-order valence-electron chi connectivity index (χ2n) is 7.20. The first-order chi connectivity index (χ1) is 10.1. The number of carbonyl (C=O) groups is 2. The second kappa shape index (κ2) is 4.90. The van der Waals surface area contributed by atoms with Crippen LogP contribution in [-0.2, 0) is 9.59 Å². The van der Waals surface area contributed by atoms with Crippen molar-refractivity contribution >= 4 is 23.6 Å². The number of hydrogen-bond donors (Lipinski definition) is 0. The van der Waals surface area contributed by atoms with Gasteiger partial charge in [0.05, 0.1) is 4.87 Å². The van der Waals surface area contributed by atoms with E-state index in [0.29, 0.717) is 12.5 Å². The summed E-state index contributed by atoms with van der Waals surface area (Å²) in [5, 5.41) is 0. The number of rotatable bonds is 1. The Balaban J connectivity index is 1.56. The van der Waals surface area contributed by atoms with Crippen LogP contribution in [-0.4, -0.2) is 50.9 Å². The van der Waals surface area contributed by atoms with E-state index in [1.165, 1.54) is 25.7 Å². The van der Waals surface area contributed by atoms with Gasteiger partial charge in [0.25, 0.3) is 0 Å². The van der Waals surface area contributed by atoms with Crippen molar-refractivity contribution in [2.24, 2.45) is 5.92 Å². The minimum Gasteiger partial charge on any atom is -0.338 e. The molecule has 0 bridgehead atoms. The van der Waals surface area contributed by atoms with Crippen molar-refractivity contribution in [2.75, 3.05) is 12.3 Å². The molecule has 0 N–H and O–H groups in total. The van der Waals surface area contributed by atoms with Gasteiger partial charge in [-0.1, -0.05) is 6.42 Å². The molecule has 4 rings (SSSR count). The van der Waals surface area contributed by atoms with Crippen molar-refractivity contribution in [1.29, 1.82) is 0 Å². The fraction of sp³-hybridized carbons (Fsp3) is 0.875. The highest BCUT2D eigenvalue weighted by Crippen LogP contribution is 2.48. The van der Waals surface area contributed by atoms with Crippen LogP contribution in [0.3, 0.4) is 0 Å². The van der Waals surface area contributed by atoms with Crippen LogP contribution in [0.1, 0.15) is 51.9 Å². The lowest BCUT2D eigenvalue weighted by Gasteiger charge is -2.41. The maximum atomic E-state index is 13.1. The summed E-state index contributed by atoms with van der Waals surface area (Å²) in [5.74, 6) is 1.92. The van der Waals surface area contributed by atoms with Gasteiger partial charge in [0, 0.05) is 24.8 Å². The topological polar surface area (TPSA) is 40.6 Å². The molecule has 3 heterocycles. The van der Waals surface area contributed by atoms with Crippen LogP contribution in [0.25, 0.3) is 0 Å². The fourth-order valence-corrected chi connectivity index (χ4v) is 6.35. The summed E-state index contributed by atoms with van der Waals surface area (Å²) in [6.07, 6.45) is 7.65. The molecule has 0 aromatic heterocycles. The number of fused-ring (bicyclic) bond motifs is 2. The van der Waals surface area contributed by atoms with Crippen LogP contribution in [0.2, 0.25) is 0 Å². The molecule has 4 atom stereocenters. The van der Waals surface area contributed by atoms with Gasteiger partial charge < -0.3 is 9.80 Å². The number of piperidine rings is 1. The maximum absolute atomic E-state index is 13.1. The number of carbonyl (C=O) groups excluding carboxylic acids is 2. The molecule has 4 aliphatic rings. The Hall–Kier alpha value is -0.710. The highest BCUT2D eigenvalue weighted by Gasteiger charge is 2.54. The van der Waals surface area contributed by atoms with Crippen molar-refractivity contribution < 1.29 is 9.59 Å². The van der Waals surface area contributed by atoms with Crippen LogP contribution in [0.4, 0.5) is 0 Å². The molecule has 2 amide bonds. The third-order valence-corrected chi connectivity index (χ3v) is 7.51. The number of hydrogen-bond acceptors (Lipinski definition) is 3. The minimum absolute atomic E-state index is 0.123. The quantitative estimate of drug-likeness (QED) is 0.746. The van der Waals surface area contributed by atoms with E-state index in [9.17, 15) is 9.59 Å². The lowest BCUT2D eigenvalue weighted by Crippen LogP contribution is -2.55. The second-order valence-corrected chi connectivity index (χ2v) is 8.70. The van der Waals surface area contributed by atoms with E-state index in [2.05, 4.69) is 11.8 Å². The number of thioether (sulfide) groups is 1. The lowest BCUT2D eigenvalue weighted by molar-refractivity contribution is -0.147. The smallest absolute Gasteiger partial charge is 0.246 e. The van der Waals surface area contributed by atoms with E-state index in [1.807, 2.05) is 4.90 Å². The van der Waals surface area contributed by atoms with Crippen molar-refractivity contribution in [1.82, 2.24) is 9.80 Å². The van der Waals surface area contributed by atoms with Crippen molar-refractivity contribution in [3.63, 3.8) is 0 Å². The fourth-order valence-electron chi connectivity index (χ4n) is 4.92. The summed E-state index contributed by atoms with van der Waals surface area (Å²) in [5.41, 5.74) is 0. The van der Waals surface area contributed by atoms with E-state index in [0.717, 1.165) is 31.1 Å². The highest BCUT2D eigenvalue weighted by molar-refractivity contribution is 8.01. The average Bonchev–Trinajstić information content (AvgIpc) is 3.14. The predicted molar refractivity (Wildman–Crippen MR) is 82.8 cm³/mol. The zero-order valence-electron chi connectivity index (χ0n) is 12.7. The molecule has 1 aliphatic carbocycles. The van der Waals surface area contributed by atoms with Crippen molar-refractivity contribution in [2.45, 2.75) is 68.8 Å². The van der Waals surface area contributed by atoms with Gasteiger partial charge in [-0.3, -0.25) is 9.59 Å². The van der Waals surface area contributed by atoms with Crippen LogP contribution >= 0.6 is 11.8 Å². The van der Waals surface area contributed by atoms with Gasteiger partial charge in [-0.15, -0.1) is 11.8 Å². The molecular weight excluding hydrogens is 284 g/mol. The lowest BCUT2D eigenvalue weighted by atomic mass is 9.91. The average molecular weight is 308 g/mol. The zero-order valence-corrected chi connectivity index (χ0v) is 13.5. The summed E-state index contributed by atoms with van der Waals surface area (Å²) in [6, 6.07) is 0.259. The molecule has 3 aliphatic heterocycles. The SMILES string of the molecule is C[C@]12CCC(=O)N1[C@H](C(=O)N1CCC[C@H]3CCC[C@@H]31)CS2. The Morgan fingerprint density at radius 1 is 1.29 bits per heavy atom. The summed E-state index contributed by atoms with van der Waals surface area (Å²) in [4.78, 5) is 29.3.